The molecule has 10 heteroatoms. The third kappa shape index (κ3) is 7.19. The van der Waals surface area contributed by atoms with Crippen LogP contribution >= 0.6 is 0 Å². The molecule has 10 nitrogen and oxygen atoms in total. The fourth-order valence-electron chi connectivity index (χ4n) is 4.42. The van der Waals surface area contributed by atoms with E-state index >= 15 is 0 Å². The molecule has 2 N–H and O–H groups in total. The average Bonchev–Trinajstić information content (AvgIpc) is 3.29. The highest BCUT2D eigenvalue weighted by molar-refractivity contribution is 5.70. The maximum absolute atomic E-state index is 12.3. The van der Waals surface area contributed by atoms with Gasteiger partial charge in [-0.2, -0.15) is 5.10 Å². The lowest BCUT2D eigenvalue weighted by atomic mass is 9.92. The second-order valence-electron chi connectivity index (χ2n) is 8.90. The molecule has 1 aliphatic heterocycles. The number of methoxy groups -OCH3 is 1. The smallest absolute Gasteiger partial charge is 0.306 e. The third-order valence-corrected chi connectivity index (χ3v) is 6.28. The average molecular weight is 510 g/mol. The number of aryl methyl sites for hydroxylation is 1. The number of pyridine rings is 2. The Morgan fingerprint density at radius 3 is 2.89 bits per heavy atom. The lowest BCUT2D eigenvalue weighted by Gasteiger charge is -2.17. The van der Waals surface area contributed by atoms with E-state index in [0.717, 1.165) is 42.2 Å². The van der Waals surface area contributed by atoms with E-state index in [9.17, 15) is 9.90 Å². The van der Waals surface area contributed by atoms with Crippen molar-refractivity contribution in [3.63, 3.8) is 0 Å². The van der Waals surface area contributed by atoms with Crippen molar-refractivity contribution in [1.29, 1.82) is 0 Å². The van der Waals surface area contributed by atoms with Crippen LogP contribution in [0.3, 0.4) is 0 Å². The quantitative estimate of drug-likeness (QED) is 0.335. The molecule has 37 heavy (non-hydrogen) atoms. The Morgan fingerprint density at radius 2 is 2.14 bits per heavy atom. The van der Waals surface area contributed by atoms with Crippen LogP contribution in [0, 0.1) is 0 Å². The largest absolute Gasteiger partial charge is 0.481 e. The summed E-state index contributed by atoms with van der Waals surface area (Å²) < 4.78 is 18.1. The number of hydrogen-bond donors (Lipinski definition) is 2. The Kier molecular flexibility index (Phi) is 9.31. The molecular formula is C27H35N5O5. The minimum absolute atomic E-state index is 0.0653. The summed E-state index contributed by atoms with van der Waals surface area (Å²) in [6, 6.07) is 9.73. The number of nitrogens with zero attached hydrogens (tertiary/aromatic N) is 4. The molecule has 198 valence electrons. The highest BCUT2D eigenvalue weighted by Crippen LogP contribution is 2.27. The SMILES string of the molecule is CCOC(=O)CC(Cc1cc(OCCc2ccc3c(n2)NCCC3)n(CCO)n1)c1ccc(OC)nc1. The van der Waals surface area contributed by atoms with Crippen LogP contribution in [-0.2, 0) is 35.3 Å². The lowest BCUT2D eigenvalue weighted by Crippen LogP contribution is -2.15. The van der Waals surface area contributed by atoms with Gasteiger partial charge in [-0.15, -0.1) is 0 Å². The summed E-state index contributed by atoms with van der Waals surface area (Å²) in [5, 5.41) is 17.5. The van der Waals surface area contributed by atoms with Crippen LogP contribution in [0.2, 0.25) is 0 Å². The Morgan fingerprint density at radius 1 is 1.24 bits per heavy atom. The van der Waals surface area contributed by atoms with Crippen LogP contribution in [0.5, 0.6) is 11.8 Å². The number of carbonyl (C=O) groups is 1. The Balaban J connectivity index is 1.45. The number of rotatable bonds is 13. The van der Waals surface area contributed by atoms with E-state index in [1.165, 1.54) is 5.56 Å². The molecule has 0 spiro atoms. The monoisotopic (exact) mass is 509 g/mol. The molecule has 0 bridgehead atoms. The van der Waals surface area contributed by atoms with Gasteiger partial charge in [0.2, 0.25) is 11.8 Å². The van der Waals surface area contributed by atoms with E-state index in [2.05, 4.69) is 27.5 Å². The second kappa shape index (κ2) is 13.0. The second-order valence-corrected chi connectivity index (χ2v) is 8.90. The number of anilines is 1. The van der Waals surface area contributed by atoms with Crippen LogP contribution in [0.15, 0.2) is 36.5 Å². The molecular weight excluding hydrogens is 474 g/mol. The first kappa shape index (κ1) is 26.4. The van der Waals surface area contributed by atoms with Gasteiger partial charge in [-0.25, -0.2) is 14.6 Å². The Hall–Kier alpha value is -3.66. The molecule has 0 radical (unpaired) electrons. The highest BCUT2D eigenvalue weighted by Gasteiger charge is 2.21. The predicted molar refractivity (Wildman–Crippen MR) is 138 cm³/mol. The van der Waals surface area contributed by atoms with Gasteiger partial charge < -0.3 is 24.6 Å². The van der Waals surface area contributed by atoms with Gasteiger partial charge in [0.05, 0.1) is 45.6 Å². The zero-order chi connectivity index (χ0) is 26.0. The van der Waals surface area contributed by atoms with Gasteiger partial charge in [0.25, 0.3) is 0 Å². The van der Waals surface area contributed by atoms with E-state index in [4.69, 9.17) is 19.2 Å². The molecule has 3 aromatic heterocycles. The van der Waals surface area contributed by atoms with Crippen LogP contribution < -0.4 is 14.8 Å². The third-order valence-electron chi connectivity index (χ3n) is 6.28. The first-order valence-electron chi connectivity index (χ1n) is 12.8. The molecule has 0 fully saturated rings. The molecule has 4 rings (SSSR count). The van der Waals surface area contributed by atoms with Gasteiger partial charge in [-0.05, 0) is 43.4 Å². The van der Waals surface area contributed by atoms with Gasteiger partial charge in [-0.1, -0.05) is 12.1 Å². The molecule has 0 aromatic carbocycles. The maximum atomic E-state index is 12.3. The number of aromatic nitrogens is 4. The fraction of sp³-hybridized carbons (Fsp3) is 0.481. The van der Waals surface area contributed by atoms with E-state index in [0.29, 0.717) is 44.4 Å². The van der Waals surface area contributed by atoms with Crippen LogP contribution in [0.25, 0.3) is 0 Å². The zero-order valence-electron chi connectivity index (χ0n) is 21.5. The Bertz CT molecular complexity index is 1160. The van der Waals surface area contributed by atoms with E-state index in [1.54, 1.807) is 31.0 Å². The summed E-state index contributed by atoms with van der Waals surface area (Å²) in [6.07, 6.45) is 5.23. The molecule has 1 aliphatic rings. The van der Waals surface area contributed by atoms with Crippen molar-refractivity contribution in [2.75, 3.05) is 38.8 Å². The summed E-state index contributed by atoms with van der Waals surface area (Å²) >= 11 is 0. The fourth-order valence-corrected chi connectivity index (χ4v) is 4.42. The van der Waals surface area contributed by atoms with Gasteiger partial charge in [0, 0.05) is 42.9 Å². The summed E-state index contributed by atoms with van der Waals surface area (Å²) in [5.74, 6) is 1.59. The number of nitrogens with one attached hydrogen (secondary N) is 1. The molecule has 0 saturated carbocycles. The van der Waals surface area contributed by atoms with E-state index in [-0.39, 0.29) is 24.9 Å². The van der Waals surface area contributed by atoms with E-state index < -0.39 is 0 Å². The van der Waals surface area contributed by atoms with Crippen LogP contribution in [-0.4, -0.2) is 64.3 Å². The summed E-state index contributed by atoms with van der Waals surface area (Å²) in [7, 11) is 1.56. The predicted octanol–water partition coefficient (Wildman–Crippen LogP) is 2.93. The summed E-state index contributed by atoms with van der Waals surface area (Å²) in [6.45, 7) is 3.74. The highest BCUT2D eigenvalue weighted by atomic mass is 16.5. The van der Waals surface area contributed by atoms with Gasteiger partial charge >= 0.3 is 5.97 Å². The van der Waals surface area contributed by atoms with Crippen molar-refractivity contribution < 1.29 is 24.1 Å². The molecule has 1 atom stereocenters. The minimum Gasteiger partial charge on any atom is -0.481 e. The number of esters is 1. The van der Waals surface area contributed by atoms with Crippen molar-refractivity contribution >= 4 is 11.8 Å². The van der Waals surface area contributed by atoms with Crippen molar-refractivity contribution in [1.82, 2.24) is 19.7 Å². The number of ether oxygens (including phenoxy) is 3. The topological polar surface area (TPSA) is 121 Å². The molecule has 0 saturated heterocycles. The minimum atomic E-state index is -0.276. The lowest BCUT2D eigenvalue weighted by molar-refractivity contribution is -0.143. The normalized spacial score (nSPS) is 13.4. The summed E-state index contributed by atoms with van der Waals surface area (Å²) in [4.78, 5) is 21.3. The van der Waals surface area contributed by atoms with Gasteiger partial charge in [0.15, 0.2) is 0 Å². The molecule has 3 aromatic rings. The molecule has 0 aliphatic carbocycles. The first-order chi connectivity index (χ1) is 18.1. The number of aliphatic hydroxyl groups excluding tert-OH is 1. The number of hydrogen-bond acceptors (Lipinski definition) is 9. The summed E-state index contributed by atoms with van der Waals surface area (Å²) in [5.41, 5.74) is 3.86. The van der Waals surface area contributed by atoms with Crippen molar-refractivity contribution in [2.24, 2.45) is 0 Å². The zero-order valence-corrected chi connectivity index (χ0v) is 21.5. The van der Waals surface area contributed by atoms with Crippen molar-refractivity contribution in [3.8, 4) is 11.8 Å². The van der Waals surface area contributed by atoms with Crippen molar-refractivity contribution in [2.45, 2.75) is 51.5 Å². The van der Waals surface area contributed by atoms with Crippen LogP contribution in [0.1, 0.15) is 48.2 Å². The van der Waals surface area contributed by atoms with Gasteiger partial charge in [-0.3, -0.25) is 4.79 Å². The molecule has 4 heterocycles. The van der Waals surface area contributed by atoms with Crippen molar-refractivity contribution in [3.05, 3.63) is 59.0 Å². The van der Waals surface area contributed by atoms with Gasteiger partial charge in [0.1, 0.15) is 5.82 Å². The number of carbonyl (C=O) groups excluding carboxylic acids is 1. The first-order valence-corrected chi connectivity index (χ1v) is 12.8. The number of aliphatic hydroxyl groups is 1. The van der Waals surface area contributed by atoms with E-state index in [1.807, 2.05) is 12.1 Å². The molecule has 0 amide bonds. The standard InChI is InChI=1S/C27H35N5O5/c1-3-36-26(34)16-21(20-7-9-24(35-2)29-18-20)15-23-17-25(32(31-23)12-13-33)37-14-10-22-8-6-19-5-4-11-28-27(19)30-22/h6-9,17-18,21,33H,3-5,10-16H2,1-2H3,(H,28,30). The molecule has 1 unspecified atom stereocenters. The Labute approximate surface area is 217 Å². The number of fused-ring (bicyclic) bond motifs is 1. The maximum Gasteiger partial charge on any atom is 0.306 e. The van der Waals surface area contributed by atoms with Crippen LogP contribution in [0.4, 0.5) is 5.82 Å².